The third kappa shape index (κ3) is 2.53. The number of aromatic nitrogens is 3. The number of carbonyl (C=O) groups excluding carboxylic acids is 1. The molecule has 84 valence electrons. The first-order valence-corrected chi connectivity index (χ1v) is 5.24. The van der Waals surface area contributed by atoms with E-state index in [2.05, 4.69) is 10.1 Å². The van der Waals surface area contributed by atoms with Crippen molar-refractivity contribution in [2.45, 2.75) is 20.8 Å². The summed E-state index contributed by atoms with van der Waals surface area (Å²) < 4.78 is 1.60. The van der Waals surface area contributed by atoms with Gasteiger partial charge >= 0.3 is 0 Å². The number of aldehydes is 1. The van der Waals surface area contributed by atoms with Crippen molar-refractivity contribution >= 4 is 6.29 Å². The first kappa shape index (κ1) is 12.1. The van der Waals surface area contributed by atoms with E-state index in [0.717, 1.165) is 12.0 Å². The van der Waals surface area contributed by atoms with Crippen LogP contribution in [0.15, 0.2) is 30.6 Å². The SMILES string of the molecule is CC.Cc1ncn(-c2ccccc2C=O)n1. The second-order valence-corrected chi connectivity index (χ2v) is 2.91. The lowest BCUT2D eigenvalue weighted by atomic mass is 10.2. The summed E-state index contributed by atoms with van der Waals surface area (Å²) in [5, 5.41) is 4.14. The van der Waals surface area contributed by atoms with E-state index in [1.54, 1.807) is 24.0 Å². The lowest BCUT2D eigenvalue weighted by Gasteiger charge is -2.02. The van der Waals surface area contributed by atoms with Gasteiger partial charge in [0.25, 0.3) is 0 Å². The van der Waals surface area contributed by atoms with Crippen LogP contribution in [0.2, 0.25) is 0 Å². The molecule has 2 aromatic rings. The highest BCUT2D eigenvalue weighted by molar-refractivity contribution is 5.80. The summed E-state index contributed by atoms with van der Waals surface area (Å²) in [5.74, 6) is 0.686. The lowest BCUT2D eigenvalue weighted by Crippen LogP contribution is -1.99. The van der Waals surface area contributed by atoms with Crippen molar-refractivity contribution in [3.8, 4) is 5.69 Å². The largest absolute Gasteiger partial charge is 0.298 e. The first-order chi connectivity index (χ1) is 7.81. The van der Waals surface area contributed by atoms with Crippen LogP contribution in [0.25, 0.3) is 5.69 Å². The fourth-order valence-electron chi connectivity index (χ4n) is 1.26. The summed E-state index contributed by atoms with van der Waals surface area (Å²) in [7, 11) is 0. The third-order valence-corrected chi connectivity index (χ3v) is 1.92. The van der Waals surface area contributed by atoms with Crippen LogP contribution in [0.3, 0.4) is 0 Å². The minimum atomic E-state index is 0.609. The Labute approximate surface area is 94.9 Å². The van der Waals surface area contributed by atoms with Gasteiger partial charge in [-0.15, -0.1) is 0 Å². The maximum absolute atomic E-state index is 10.7. The van der Waals surface area contributed by atoms with E-state index < -0.39 is 0 Å². The smallest absolute Gasteiger partial charge is 0.152 e. The average molecular weight is 217 g/mol. The topological polar surface area (TPSA) is 47.8 Å². The Morgan fingerprint density at radius 3 is 2.50 bits per heavy atom. The zero-order chi connectivity index (χ0) is 12.0. The van der Waals surface area contributed by atoms with Crippen molar-refractivity contribution in [1.82, 2.24) is 14.8 Å². The standard InChI is InChI=1S/C10H9N3O.C2H6/c1-8-11-7-13(12-8)10-5-3-2-4-9(10)6-14;1-2/h2-7H,1H3;1-2H3. The number of benzene rings is 1. The molecule has 0 aliphatic heterocycles. The summed E-state index contributed by atoms with van der Waals surface area (Å²) in [6.07, 6.45) is 2.41. The van der Waals surface area contributed by atoms with E-state index in [1.807, 2.05) is 32.0 Å². The molecule has 0 spiro atoms. The van der Waals surface area contributed by atoms with Crippen LogP contribution < -0.4 is 0 Å². The highest BCUT2D eigenvalue weighted by atomic mass is 16.1. The summed E-state index contributed by atoms with van der Waals surface area (Å²) in [6, 6.07) is 7.26. The van der Waals surface area contributed by atoms with Crippen LogP contribution in [0.4, 0.5) is 0 Å². The van der Waals surface area contributed by atoms with Crippen LogP contribution >= 0.6 is 0 Å². The van der Waals surface area contributed by atoms with Gasteiger partial charge in [-0.2, -0.15) is 5.10 Å². The molecule has 0 radical (unpaired) electrons. The van der Waals surface area contributed by atoms with E-state index in [1.165, 1.54) is 0 Å². The molecular weight excluding hydrogens is 202 g/mol. The molecule has 1 aromatic heterocycles. The van der Waals surface area contributed by atoms with Crippen molar-refractivity contribution in [1.29, 1.82) is 0 Å². The van der Waals surface area contributed by atoms with Crippen LogP contribution in [-0.2, 0) is 0 Å². The van der Waals surface area contributed by atoms with E-state index >= 15 is 0 Å². The van der Waals surface area contributed by atoms with Gasteiger partial charge in [0.15, 0.2) is 6.29 Å². The number of para-hydroxylation sites is 1. The normalized spacial score (nSPS) is 9.19. The molecule has 0 atom stereocenters. The Kier molecular flexibility index (Phi) is 4.39. The highest BCUT2D eigenvalue weighted by Gasteiger charge is 2.03. The second-order valence-electron chi connectivity index (χ2n) is 2.91. The Balaban J connectivity index is 0.000000606. The van der Waals surface area contributed by atoms with Crippen LogP contribution in [-0.4, -0.2) is 21.1 Å². The van der Waals surface area contributed by atoms with Gasteiger partial charge in [-0.25, -0.2) is 9.67 Å². The molecule has 0 saturated carbocycles. The zero-order valence-electron chi connectivity index (χ0n) is 9.71. The molecule has 0 unspecified atom stereocenters. The number of hydrogen-bond acceptors (Lipinski definition) is 3. The zero-order valence-corrected chi connectivity index (χ0v) is 9.71. The van der Waals surface area contributed by atoms with Gasteiger partial charge in [0.1, 0.15) is 12.2 Å². The highest BCUT2D eigenvalue weighted by Crippen LogP contribution is 2.10. The fourth-order valence-corrected chi connectivity index (χ4v) is 1.26. The van der Waals surface area contributed by atoms with Crippen LogP contribution in [0, 0.1) is 6.92 Å². The molecule has 1 aromatic carbocycles. The number of carbonyl (C=O) groups is 1. The van der Waals surface area contributed by atoms with Crippen molar-refractivity contribution in [2.75, 3.05) is 0 Å². The minimum absolute atomic E-state index is 0.609. The third-order valence-electron chi connectivity index (χ3n) is 1.92. The molecule has 0 N–H and O–H groups in total. The van der Waals surface area contributed by atoms with Crippen LogP contribution in [0.1, 0.15) is 30.0 Å². The molecule has 4 nitrogen and oxygen atoms in total. The van der Waals surface area contributed by atoms with Gasteiger partial charge in [-0.1, -0.05) is 26.0 Å². The van der Waals surface area contributed by atoms with Crippen LogP contribution in [0.5, 0.6) is 0 Å². The molecule has 0 fully saturated rings. The molecule has 0 saturated heterocycles. The van der Waals surface area contributed by atoms with E-state index in [-0.39, 0.29) is 0 Å². The van der Waals surface area contributed by atoms with Crippen molar-refractivity contribution in [3.63, 3.8) is 0 Å². The summed E-state index contributed by atoms with van der Waals surface area (Å²) in [4.78, 5) is 14.8. The molecule has 4 heteroatoms. The monoisotopic (exact) mass is 217 g/mol. The van der Waals surface area contributed by atoms with Crippen molar-refractivity contribution in [2.24, 2.45) is 0 Å². The van der Waals surface area contributed by atoms with Gasteiger partial charge in [-0.3, -0.25) is 4.79 Å². The lowest BCUT2D eigenvalue weighted by molar-refractivity contribution is 0.112. The quantitative estimate of drug-likeness (QED) is 0.726. The number of nitrogens with zero attached hydrogens (tertiary/aromatic N) is 3. The van der Waals surface area contributed by atoms with E-state index in [4.69, 9.17) is 0 Å². The second kappa shape index (κ2) is 5.80. The Hall–Kier alpha value is -1.97. The van der Waals surface area contributed by atoms with E-state index in [0.29, 0.717) is 11.4 Å². The average Bonchev–Trinajstić information content (AvgIpc) is 2.78. The molecule has 0 bridgehead atoms. The summed E-state index contributed by atoms with van der Waals surface area (Å²) >= 11 is 0. The molecule has 0 aliphatic carbocycles. The van der Waals surface area contributed by atoms with Gasteiger partial charge < -0.3 is 0 Å². The molecule has 1 heterocycles. The van der Waals surface area contributed by atoms with Crippen molar-refractivity contribution in [3.05, 3.63) is 42.0 Å². The molecule has 0 aliphatic rings. The predicted molar refractivity (Wildman–Crippen MR) is 62.8 cm³/mol. The van der Waals surface area contributed by atoms with E-state index in [9.17, 15) is 4.79 Å². The summed E-state index contributed by atoms with van der Waals surface area (Å²) in [5.41, 5.74) is 1.36. The fraction of sp³-hybridized carbons (Fsp3) is 0.250. The molecule has 16 heavy (non-hydrogen) atoms. The Morgan fingerprint density at radius 1 is 1.25 bits per heavy atom. The maximum Gasteiger partial charge on any atom is 0.152 e. The van der Waals surface area contributed by atoms with Crippen molar-refractivity contribution < 1.29 is 4.79 Å². The molecule has 2 rings (SSSR count). The molecule has 0 amide bonds. The first-order valence-electron chi connectivity index (χ1n) is 5.24. The summed E-state index contributed by atoms with van der Waals surface area (Å²) in [6.45, 7) is 5.81. The van der Waals surface area contributed by atoms with Gasteiger partial charge in [0.05, 0.1) is 5.69 Å². The number of hydrogen-bond donors (Lipinski definition) is 0. The Morgan fingerprint density at radius 2 is 1.94 bits per heavy atom. The van der Waals surface area contributed by atoms with Gasteiger partial charge in [0.2, 0.25) is 0 Å². The predicted octanol–water partition coefficient (Wildman–Crippen LogP) is 2.41. The maximum atomic E-state index is 10.7. The minimum Gasteiger partial charge on any atom is -0.298 e. The number of aryl methyl sites for hydroxylation is 1. The van der Waals surface area contributed by atoms with Gasteiger partial charge in [0, 0.05) is 5.56 Å². The molecular formula is C12H15N3O. The number of rotatable bonds is 2. The van der Waals surface area contributed by atoms with Gasteiger partial charge in [-0.05, 0) is 19.1 Å². The Bertz CT molecular complexity index is 463.